The molecule has 1 unspecified atom stereocenters. The number of allylic oxidation sites excluding steroid dienone is 2. The molecule has 0 spiro atoms. The van der Waals surface area contributed by atoms with Crippen molar-refractivity contribution in [2.45, 2.75) is 67.9 Å². The van der Waals surface area contributed by atoms with Crippen molar-refractivity contribution in [2.24, 2.45) is 15.9 Å². The fourth-order valence-corrected chi connectivity index (χ4v) is 4.99. The van der Waals surface area contributed by atoms with Crippen molar-refractivity contribution in [3.05, 3.63) is 135 Å². The molecule has 3 aromatic rings. The van der Waals surface area contributed by atoms with Gasteiger partial charge in [0.2, 0.25) is 0 Å². The second kappa shape index (κ2) is 17.3. The lowest BCUT2D eigenvalue weighted by Gasteiger charge is -2.38. The third kappa shape index (κ3) is 8.18. The van der Waals surface area contributed by atoms with Crippen molar-refractivity contribution >= 4 is 29.6 Å². The molecule has 42 heavy (non-hydrogen) atoms. The highest BCUT2D eigenvalue weighted by Crippen LogP contribution is 2.39. The van der Waals surface area contributed by atoms with E-state index in [-0.39, 0.29) is 0 Å². The number of benzene rings is 3. The number of nitrogens with two attached hydrogens (primary N) is 1. The second-order valence-electron chi connectivity index (χ2n) is 9.51. The number of hydrogen-bond donors (Lipinski definition) is 1. The first kappa shape index (κ1) is 36.3. The molecule has 4 nitrogen and oxygen atoms in total. The maximum atomic E-state index is 7.45. The summed E-state index contributed by atoms with van der Waals surface area (Å²) >= 11 is 6.45. The standard InChI is InChI=1S/C33H37ClN4.2C2H6/c1-9-31(38(8)10-2)33(35,27-17-14-22(3)15-18-27)28-19-16-23(4)30(21-28)32(24(5)25(6)37-36-7)26-12-11-13-29(34)20-26;2*1-2/h9-21H,2,7,35H2,1,3-6,8H3;2*1-2H3/b31-9-,32-24-,37-25+;;. The summed E-state index contributed by atoms with van der Waals surface area (Å²) in [6, 6.07) is 22.7. The van der Waals surface area contributed by atoms with Crippen molar-refractivity contribution in [3.63, 3.8) is 0 Å². The molecule has 0 saturated carbocycles. The zero-order chi connectivity index (χ0) is 32.0. The van der Waals surface area contributed by atoms with Gasteiger partial charge in [0.15, 0.2) is 0 Å². The Labute approximate surface area is 260 Å². The van der Waals surface area contributed by atoms with Gasteiger partial charge in [0.05, 0.1) is 5.71 Å². The number of rotatable bonds is 9. The van der Waals surface area contributed by atoms with Crippen LogP contribution >= 0.6 is 11.6 Å². The van der Waals surface area contributed by atoms with E-state index in [9.17, 15) is 0 Å². The normalized spacial score (nSPS) is 13.3. The highest BCUT2D eigenvalue weighted by atomic mass is 35.5. The van der Waals surface area contributed by atoms with Crippen molar-refractivity contribution < 1.29 is 0 Å². The van der Waals surface area contributed by atoms with Gasteiger partial charge in [-0.3, -0.25) is 0 Å². The Hall–Kier alpha value is -3.73. The Bertz CT molecular complexity index is 1430. The molecule has 1 atom stereocenters. The van der Waals surface area contributed by atoms with Crippen LogP contribution in [0.3, 0.4) is 0 Å². The van der Waals surface area contributed by atoms with Crippen LogP contribution in [0, 0.1) is 13.8 Å². The SMILES string of the molecule is C=CN(C)/C(=C\C)C(N)(c1ccc(C)cc1)c1ccc(C)c(/C(=C(C)\C(C)=N\N=C)c2cccc(Cl)c2)c1.CC.CC. The van der Waals surface area contributed by atoms with E-state index < -0.39 is 5.54 Å². The molecule has 0 heterocycles. The van der Waals surface area contributed by atoms with E-state index in [1.54, 1.807) is 6.20 Å². The summed E-state index contributed by atoms with van der Waals surface area (Å²) in [5.41, 5.74) is 16.4. The summed E-state index contributed by atoms with van der Waals surface area (Å²) in [4.78, 5) is 1.98. The average molecular weight is 585 g/mol. The number of likely N-dealkylation sites (N-methyl/N-ethyl adjacent to an activating group) is 1. The van der Waals surface area contributed by atoms with Crippen LogP contribution in [0.4, 0.5) is 0 Å². The van der Waals surface area contributed by atoms with E-state index in [1.807, 2.05) is 84.7 Å². The van der Waals surface area contributed by atoms with Gasteiger partial charge in [0, 0.05) is 24.5 Å². The van der Waals surface area contributed by atoms with Crippen molar-refractivity contribution in [3.8, 4) is 0 Å². The second-order valence-corrected chi connectivity index (χ2v) is 9.94. The summed E-state index contributed by atoms with van der Waals surface area (Å²) in [6.45, 7) is 25.7. The lowest BCUT2D eigenvalue weighted by molar-refractivity contribution is 0.446. The van der Waals surface area contributed by atoms with Crippen LogP contribution in [0.2, 0.25) is 5.02 Å². The average Bonchev–Trinajstić information content (AvgIpc) is 3.00. The van der Waals surface area contributed by atoms with Gasteiger partial charge in [-0.15, -0.1) is 0 Å². The first-order valence-electron chi connectivity index (χ1n) is 14.6. The molecule has 0 aliphatic rings. The third-order valence-electron chi connectivity index (χ3n) is 7.05. The molecule has 0 aromatic heterocycles. The van der Waals surface area contributed by atoms with Crippen LogP contribution in [-0.4, -0.2) is 24.4 Å². The molecule has 0 aliphatic heterocycles. The lowest BCUT2D eigenvalue weighted by atomic mass is 9.77. The zero-order valence-corrected chi connectivity index (χ0v) is 28.0. The van der Waals surface area contributed by atoms with Gasteiger partial charge >= 0.3 is 0 Å². The summed E-state index contributed by atoms with van der Waals surface area (Å²) < 4.78 is 0. The van der Waals surface area contributed by atoms with E-state index in [0.29, 0.717) is 5.02 Å². The lowest BCUT2D eigenvalue weighted by Crippen LogP contribution is -2.44. The maximum absolute atomic E-state index is 7.45. The number of halogens is 1. The summed E-state index contributed by atoms with van der Waals surface area (Å²) in [5, 5.41) is 8.67. The monoisotopic (exact) mass is 584 g/mol. The molecule has 0 fully saturated rings. The maximum Gasteiger partial charge on any atom is 0.107 e. The first-order chi connectivity index (χ1) is 20.1. The van der Waals surface area contributed by atoms with Gasteiger partial charge in [0.25, 0.3) is 0 Å². The van der Waals surface area contributed by atoms with Crippen LogP contribution in [0.15, 0.2) is 107 Å². The van der Waals surface area contributed by atoms with E-state index in [4.69, 9.17) is 17.3 Å². The third-order valence-corrected chi connectivity index (χ3v) is 7.29. The molecule has 0 aliphatic carbocycles. The largest absolute Gasteiger partial charge is 0.353 e. The molecule has 224 valence electrons. The first-order valence-corrected chi connectivity index (χ1v) is 14.9. The highest BCUT2D eigenvalue weighted by molar-refractivity contribution is 6.30. The molecule has 3 aromatic carbocycles. The number of nitrogens with zero attached hydrogens (tertiary/aromatic N) is 3. The van der Waals surface area contributed by atoms with Gasteiger partial charge in [-0.2, -0.15) is 10.2 Å². The molecule has 0 radical (unpaired) electrons. The molecule has 3 rings (SSSR count). The smallest absolute Gasteiger partial charge is 0.107 e. The van der Waals surface area contributed by atoms with Gasteiger partial charge < -0.3 is 10.6 Å². The quantitative estimate of drug-likeness (QED) is 0.201. The van der Waals surface area contributed by atoms with Gasteiger partial charge in [0.1, 0.15) is 5.54 Å². The highest BCUT2D eigenvalue weighted by Gasteiger charge is 2.36. The minimum atomic E-state index is -0.938. The van der Waals surface area contributed by atoms with Crippen molar-refractivity contribution in [2.75, 3.05) is 7.05 Å². The Morgan fingerprint density at radius 3 is 2.05 bits per heavy atom. The molecular weight excluding hydrogens is 536 g/mol. The minimum Gasteiger partial charge on any atom is -0.353 e. The zero-order valence-electron chi connectivity index (χ0n) is 27.2. The number of aryl methyl sites for hydroxylation is 2. The predicted molar refractivity (Wildman–Crippen MR) is 188 cm³/mol. The Morgan fingerprint density at radius 2 is 1.52 bits per heavy atom. The molecular formula is C37H49ClN4. The van der Waals surface area contributed by atoms with Crippen LogP contribution in [0.1, 0.15) is 81.8 Å². The van der Waals surface area contributed by atoms with Crippen molar-refractivity contribution in [1.29, 1.82) is 0 Å². The Balaban J connectivity index is 0.00000211. The van der Waals surface area contributed by atoms with Gasteiger partial charge in [-0.05, 0) is 98.0 Å². The molecule has 5 heteroatoms. The summed E-state index contributed by atoms with van der Waals surface area (Å²) in [7, 11) is 1.97. The Morgan fingerprint density at radius 1 is 0.929 bits per heavy atom. The summed E-state index contributed by atoms with van der Waals surface area (Å²) in [5.74, 6) is 0. The van der Waals surface area contributed by atoms with Crippen LogP contribution < -0.4 is 5.73 Å². The molecule has 0 saturated heterocycles. The Kier molecular flexibility index (Phi) is 14.9. The number of hydrogen-bond acceptors (Lipinski definition) is 4. The topological polar surface area (TPSA) is 54.0 Å². The fourth-order valence-electron chi connectivity index (χ4n) is 4.80. The van der Waals surface area contributed by atoms with Crippen molar-refractivity contribution in [1.82, 2.24) is 4.90 Å². The van der Waals surface area contributed by atoms with Crippen LogP contribution in [0.5, 0.6) is 0 Å². The fraction of sp³-hybridized carbons (Fsp3) is 0.297. The van der Waals surface area contributed by atoms with E-state index in [1.165, 1.54) is 5.56 Å². The van der Waals surface area contributed by atoms with Crippen LogP contribution in [0.25, 0.3) is 5.57 Å². The van der Waals surface area contributed by atoms with E-state index in [2.05, 4.69) is 85.9 Å². The van der Waals surface area contributed by atoms with Crippen LogP contribution in [-0.2, 0) is 5.54 Å². The van der Waals surface area contributed by atoms with E-state index in [0.717, 1.165) is 50.4 Å². The molecule has 0 bridgehead atoms. The van der Waals surface area contributed by atoms with Gasteiger partial charge in [-0.25, -0.2) is 0 Å². The molecule has 2 N–H and O–H groups in total. The minimum absolute atomic E-state index is 0.662. The predicted octanol–water partition coefficient (Wildman–Crippen LogP) is 10.1. The van der Waals surface area contributed by atoms with E-state index >= 15 is 0 Å². The van der Waals surface area contributed by atoms with Gasteiger partial charge in [-0.1, -0.05) is 106 Å². The summed E-state index contributed by atoms with van der Waals surface area (Å²) in [6.07, 6.45) is 3.83. The molecule has 0 amide bonds.